The third-order valence-electron chi connectivity index (χ3n) is 2.09. The average molecular weight is 204 g/mol. The molecular formula is C9H20O3Si. The monoisotopic (exact) mass is 204 g/mol. The second-order valence-electron chi connectivity index (χ2n) is 4.10. The Kier molecular flexibility index (Phi) is 4.38. The van der Waals surface area contributed by atoms with Crippen LogP contribution in [0.5, 0.6) is 0 Å². The predicted octanol–water partition coefficient (Wildman–Crippen LogP) is 1.99. The fraction of sp³-hybridized carbons (Fsp3) is 1.00. The van der Waals surface area contributed by atoms with E-state index in [-0.39, 0.29) is 0 Å². The molecular weight excluding hydrogens is 184 g/mol. The van der Waals surface area contributed by atoms with Crippen LogP contribution >= 0.6 is 0 Å². The van der Waals surface area contributed by atoms with Crippen molar-refractivity contribution in [1.29, 1.82) is 0 Å². The third-order valence-corrected chi connectivity index (χ3v) is 4.69. The third kappa shape index (κ3) is 5.41. The molecule has 0 N–H and O–H groups in total. The number of ether oxygens (including phenoxy) is 2. The average Bonchev–Trinajstić information content (AvgIpc) is 2.81. The zero-order chi connectivity index (χ0) is 9.73. The van der Waals surface area contributed by atoms with E-state index in [2.05, 4.69) is 20.0 Å². The van der Waals surface area contributed by atoms with Crippen molar-refractivity contribution < 1.29 is 13.9 Å². The molecule has 0 aromatic rings. The Morgan fingerprint density at radius 3 is 2.69 bits per heavy atom. The van der Waals surface area contributed by atoms with E-state index in [0.717, 1.165) is 6.61 Å². The van der Waals surface area contributed by atoms with Crippen molar-refractivity contribution in [3.8, 4) is 0 Å². The van der Waals surface area contributed by atoms with Gasteiger partial charge < -0.3 is 13.9 Å². The van der Waals surface area contributed by atoms with E-state index >= 15 is 0 Å². The SMILES string of the molecule is CCC[Si](C)(C)OCOCC1CO1. The van der Waals surface area contributed by atoms with Crippen LogP contribution in [0.3, 0.4) is 0 Å². The molecule has 1 saturated heterocycles. The maximum Gasteiger partial charge on any atom is 0.189 e. The van der Waals surface area contributed by atoms with Crippen molar-refractivity contribution in [2.75, 3.05) is 20.0 Å². The van der Waals surface area contributed by atoms with Gasteiger partial charge in [-0.25, -0.2) is 0 Å². The highest BCUT2D eigenvalue weighted by molar-refractivity contribution is 6.71. The first-order chi connectivity index (χ1) is 6.14. The lowest BCUT2D eigenvalue weighted by molar-refractivity contribution is 0.00280. The topological polar surface area (TPSA) is 31.0 Å². The van der Waals surface area contributed by atoms with Gasteiger partial charge in [-0.05, 0) is 19.1 Å². The van der Waals surface area contributed by atoms with E-state index < -0.39 is 8.32 Å². The molecule has 0 spiro atoms. The minimum Gasteiger partial charge on any atom is -0.395 e. The van der Waals surface area contributed by atoms with Gasteiger partial charge in [0.05, 0.1) is 13.2 Å². The molecule has 13 heavy (non-hydrogen) atoms. The number of rotatable bonds is 7. The van der Waals surface area contributed by atoms with Gasteiger partial charge in [0, 0.05) is 0 Å². The highest BCUT2D eigenvalue weighted by atomic mass is 28.4. The quantitative estimate of drug-likeness (QED) is 0.275. The van der Waals surface area contributed by atoms with Gasteiger partial charge >= 0.3 is 0 Å². The second kappa shape index (κ2) is 5.10. The van der Waals surface area contributed by atoms with Gasteiger partial charge in [-0.1, -0.05) is 13.3 Å². The van der Waals surface area contributed by atoms with Crippen LogP contribution in [0.1, 0.15) is 13.3 Å². The van der Waals surface area contributed by atoms with E-state index in [1.165, 1.54) is 12.5 Å². The first-order valence-corrected chi connectivity index (χ1v) is 8.09. The Labute approximate surface area is 81.5 Å². The Hall–Kier alpha value is 0.0969. The molecule has 1 unspecified atom stereocenters. The van der Waals surface area contributed by atoms with Crippen molar-refractivity contribution in [1.82, 2.24) is 0 Å². The summed E-state index contributed by atoms with van der Waals surface area (Å²) in [6.07, 6.45) is 1.55. The fourth-order valence-corrected chi connectivity index (χ4v) is 2.97. The van der Waals surface area contributed by atoms with Crippen molar-refractivity contribution in [3.63, 3.8) is 0 Å². The Balaban J connectivity index is 1.95. The van der Waals surface area contributed by atoms with E-state index in [0.29, 0.717) is 19.5 Å². The summed E-state index contributed by atoms with van der Waals surface area (Å²) in [7, 11) is -1.42. The van der Waals surface area contributed by atoms with Gasteiger partial charge in [0.25, 0.3) is 0 Å². The molecule has 1 aliphatic rings. The minimum atomic E-state index is -1.42. The maximum atomic E-state index is 5.71. The largest absolute Gasteiger partial charge is 0.395 e. The number of epoxide rings is 1. The van der Waals surface area contributed by atoms with E-state index in [1.54, 1.807) is 0 Å². The summed E-state index contributed by atoms with van der Waals surface area (Å²) in [5.74, 6) is 0. The zero-order valence-corrected chi connectivity index (χ0v) is 9.84. The number of hydrogen-bond donors (Lipinski definition) is 0. The minimum absolute atomic E-state index is 0.347. The van der Waals surface area contributed by atoms with Crippen molar-refractivity contribution in [2.24, 2.45) is 0 Å². The molecule has 1 atom stereocenters. The first kappa shape index (κ1) is 11.2. The molecule has 0 amide bonds. The Bertz CT molecular complexity index is 146. The predicted molar refractivity (Wildman–Crippen MR) is 54.2 cm³/mol. The lowest BCUT2D eigenvalue weighted by atomic mass is 10.5. The van der Waals surface area contributed by atoms with Crippen LogP contribution in [-0.2, 0) is 13.9 Å². The van der Waals surface area contributed by atoms with Crippen LogP contribution in [0.15, 0.2) is 0 Å². The molecule has 78 valence electrons. The highest BCUT2D eigenvalue weighted by Crippen LogP contribution is 2.14. The summed E-state index contributed by atoms with van der Waals surface area (Å²) in [6.45, 7) is 8.64. The number of hydrogen-bond acceptors (Lipinski definition) is 3. The standard InChI is InChI=1S/C9H20O3Si/c1-4-5-13(2,3)12-8-10-6-9-7-11-9/h9H,4-8H2,1-3H3. The maximum absolute atomic E-state index is 5.71. The van der Waals surface area contributed by atoms with Gasteiger partial charge in [-0.3, -0.25) is 0 Å². The lowest BCUT2D eigenvalue weighted by Crippen LogP contribution is -2.31. The molecule has 0 aromatic carbocycles. The molecule has 1 fully saturated rings. The van der Waals surface area contributed by atoms with Gasteiger partial charge in [0.2, 0.25) is 0 Å². The summed E-state index contributed by atoms with van der Waals surface area (Å²) >= 11 is 0. The summed E-state index contributed by atoms with van der Waals surface area (Å²) in [6, 6.07) is 1.20. The molecule has 0 bridgehead atoms. The summed E-state index contributed by atoms with van der Waals surface area (Å²) in [5.41, 5.74) is 0. The van der Waals surface area contributed by atoms with Crippen LogP contribution in [0, 0.1) is 0 Å². The van der Waals surface area contributed by atoms with Crippen molar-refractivity contribution in [2.45, 2.75) is 38.6 Å². The molecule has 0 saturated carbocycles. The molecule has 3 nitrogen and oxygen atoms in total. The normalized spacial score (nSPS) is 21.9. The van der Waals surface area contributed by atoms with Gasteiger partial charge in [0.15, 0.2) is 8.32 Å². The smallest absolute Gasteiger partial charge is 0.189 e. The van der Waals surface area contributed by atoms with Crippen LogP contribution in [-0.4, -0.2) is 34.4 Å². The van der Waals surface area contributed by atoms with Crippen molar-refractivity contribution in [3.05, 3.63) is 0 Å². The molecule has 4 heteroatoms. The van der Waals surface area contributed by atoms with Crippen LogP contribution < -0.4 is 0 Å². The molecule has 0 aromatic heterocycles. The van der Waals surface area contributed by atoms with E-state index in [4.69, 9.17) is 13.9 Å². The summed E-state index contributed by atoms with van der Waals surface area (Å²) in [4.78, 5) is 0. The summed E-state index contributed by atoms with van der Waals surface area (Å²) in [5, 5.41) is 0. The molecule has 1 heterocycles. The zero-order valence-electron chi connectivity index (χ0n) is 8.84. The second-order valence-corrected chi connectivity index (χ2v) is 8.41. The molecule has 0 aliphatic carbocycles. The molecule has 0 radical (unpaired) electrons. The molecule has 1 rings (SSSR count). The first-order valence-electron chi connectivity index (χ1n) is 4.97. The van der Waals surface area contributed by atoms with E-state index in [1.807, 2.05) is 0 Å². The Morgan fingerprint density at radius 1 is 1.46 bits per heavy atom. The molecule has 1 aliphatic heterocycles. The van der Waals surface area contributed by atoms with Gasteiger partial charge in [-0.15, -0.1) is 0 Å². The fourth-order valence-electron chi connectivity index (χ4n) is 1.22. The van der Waals surface area contributed by atoms with Crippen molar-refractivity contribution >= 4 is 8.32 Å². The van der Waals surface area contributed by atoms with Crippen LogP contribution in [0.4, 0.5) is 0 Å². The highest BCUT2D eigenvalue weighted by Gasteiger charge is 2.24. The van der Waals surface area contributed by atoms with E-state index in [9.17, 15) is 0 Å². The summed E-state index contributed by atoms with van der Waals surface area (Å²) < 4.78 is 16.1. The lowest BCUT2D eigenvalue weighted by Gasteiger charge is -2.21. The van der Waals surface area contributed by atoms with Crippen LogP contribution in [0.25, 0.3) is 0 Å². The van der Waals surface area contributed by atoms with Crippen LogP contribution in [0.2, 0.25) is 19.1 Å². The van der Waals surface area contributed by atoms with Gasteiger partial charge in [0.1, 0.15) is 12.9 Å². The van der Waals surface area contributed by atoms with Gasteiger partial charge in [-0.2, -0.15) is 0 Å². The Morgan fingerprint density at radius 2 is 2.15 bits per heavy atom.